The molecule has 1 N–H and O–H groups in total. The number of carbonyl (C=O) groups is 1. The smallest absolute Gasteiger partial charge is 0.407 e. The molecule has 0 spiro atoms. The van der Waals surface area contributed by atoms with Crippen LogP contribution in [0.25, 0.3) is 6.08 Å². The van der Waals surface area contributed by atoms with Crippen LogP contribution in [-0.4, -0.2) is 18.2 Å². The predicted molar refractivity (Wildman–Crippen MR) is 74.4 cm³/mol. The number of amides is 1. The Morgan fingerprint density at radius 3 is 2.75 bits per heavy atom. The van der Waals surface area contributed by atoms with Crippen LogP contribution in [0.1, 0.15) is 31.9 Å². The van der Waals surface area contributed by atoms with Crippen molar-refractivity contribution in [2.75, 3.05) is 6.54 Å². The van der Waals surface area contributed by atoms with Gasteiger partial charge in [0.25, 0.3) is 0 Å². The number of carbonyl (C=O) groups excluding carboxylic acids is 1. The van der Waals surface area contributed by atoms with Gasteiger partial charge < -0.3 is 10.1 Å². The number of benzene rings is 1. The Balaban J connectivity index is 2.48. The molecule has 0 bridgehead atoms. The van der Waals surface area contributed by atoms with Gasteiger partial charge in [0, 0.05) is 6.54 Å². The maximum Gasteiger partial charge on any atom is 0.407 e. The molecule has 1 amide bonds. The number of alkyl carbamates (subject to hydrolysis) is 1. The van der Waals surface area contributed by atoms with Crippen LogP contribution in [0.4, 0.5) is 9.18 Å². The number of nitrogens with one attached hydrogen (secondary N) is 1. The van der Waals surface area contributed by atoms with E-state index >= 15 is 0 Å². The highest BCUT2D eigenvalue weighted by molar-refractivity contribution is 5.68. The number of halogens is 1. The number of hydrogen-bond donors (Lipinski definition) is 1. The molecule has 4 nitrogen and oxygen atoms in total. The second-order valence-corrected chi connectivity index (χ2v) is 5.14. The standard InChI is InChI=1S/C15H17FN2O2/c1-15(2,3)20-14(19)18-8-4-5-11-6-7-12(10-17)13(16)9-11/h4-7,9H,8H2,1-3H3,(H,18,19). The first kappa shape index (κ1) is 15.7. The fraction of sp³-hybridized carbons (Fsp3) is 0.333. The lowest BCUT2D eigenvalue weighted by molar-refractivity contribution is 0.0534. The van der Waals surface area contributed by atoms with Gasteiger partial charge in [-0.15, -0.1) is 0 Å². The third-order valence-corrected chi connectivity index (χ3v) is 2.19. The zero-order valence-electron chi connectivity index (χ0n) is 11.7. The summed E-state index contributed by atoms with van der Waals surface area (Å²) in [5.74, 6) is -0.560. The van der Waals surface area contributed by atoms with Crippen molar-refractivity contribution in [3.05, 3.63) is 41.2 Å². The summed E-state index contributed by atoms with van der Waals surface area (Å²) in [7, 11) is 0. The van der Waals surface area contributed by atoms with Crippen molar-refractivity contribution in [2.45, 2.75) is 26.4 Å². The number of nitrogens with zero attached hydrogens (tertiary/aromatic N) is 1. The van der Waals surface area contributed by atoms with E-state index in [1.54, 1.807) is 45.1 Å². The Hall–Kier alpha value is -2.35. The van der Waals surface area contributed by atoms with Gasteiger partial charge in [-0.1, -0.05) is 18.2 Å². The Morgan fingerprint density at radius 2 is 2.20 bits per heavy atom. The lowest BCUT2D eigenvalue weighted by atomic mass is 10.1. The van der Waals surface area contributed by atoms with E-state index in [2.05, 4.69) is 5.32 Å². The maximum absolute atomic E-state index is 13.3. The molecule has 1 rings (SSSR count). The fourth-order valence-corrected chi connectivity index (χ4v) is 1.38. The third kappa shape index (κ3) is 5.53. The van der Waals surface area contributed by atoms with E-state index in [0.717, 1.165) is 0 Å². The fourth-order valence-electron chi connectivity index (χ4n) is 1.38. The van der Waals surface area contributed by atoms with Gasteiger partial charge in [-0.25, -0.2) is 9.18 Å². The van der Waals surface area contributed by atoms with E-state index < -0.39 is 17.5 Å². The van der Waals surface area contributed by atoms with Crippen molar-refractivity contribution in [3.63, 3.8) is 0 Å². The van der Waals surface area contributed by atoms with Crippen molar-refractivity contribution in [1.82, 2.24) is 5.32 Å². The molecule has 0 aliphatic heterocycles. The van der Waals surface area contributed by atoms with Crippen molar-refractivity contribution < 1.29 is 13.9 Å². The van der Waals surface area contributed by atoms with Gasteiger partial charge in [0.15, 0.2) is 0 Å². The molecule has 0 saturated heterocycles. The number of hydrogen-bond acceptors (Lipinski definition) is 3. The van der Waals surface area contributed by atoms with Crippen LogP contribution in [0.2, 0.25) is 0 Å². The number of nitriles is 1. The van der Waals surface area contributed by atoms with Gasteiger partial charge in [0.1, 0.15) is 17.5 Å². The SMILES string of the molecule is CC(C)(C)OC(=O)NCC=Cc1ccc(C#N)c(F)c1. The molecule has 20 heavy (non-hydrogen) atoms. The second kappa shape index (κ2) is 6.71. The van der Waals surface area contributed by atoms with E-state index in [4.69, 9.17) is 10.00 Å². The first-order valence-electron chi connectivity index (χ1n) is 6.15. The Labute approximate surface area is 117 Å². The summed E-state index contributed by atoms with van der Waals surface area (Å²) in [6, 6.07) is 6.06. The molecule has 0 aromatic heterocycles. The number of rotatable bonds is 3. The summed E-state index contributed by atoms with van der Waals surface area (Å²) in [5, 5.41) is 11.2. The first-order valence-corrected chi connectivity index (χ1v) is 6.15. The van der Waals surface area contributed by atoms with Crippen LogP contribution in [-0.2, 0) is 4.74 Å². The molecule has 0 heterocycles. The van der Waals surface area contributed by atoms with Gasteiger partial charge in [0.2, 0.25) is 0 Å². The highest BCUT2D eigenvalue weighted by Gasteiger charge is 2.14. The lowest BCUT2D eigenvalue weighted by Crippen LogP contribution is -2.32. The summed E-state index contributed by atoms with van der Waals surface area (Å²) >= 11 is 0. The summed E-state index contributed by atoms with van der Waals surface area (Å²) in [5.41, 5.74) is 0.0888. The molecule has 1 aromatic carbocycles. The minimum Gasteiger partial charge on any atom is -0.444 e. The van der Waals surface area contributed by atoms with Gasteiger partial charge in [-0.3, -0.25) is 0 Å². The lowest BCUT2D eigenvalue weighted by Gasteiger charge is -2.19. The topological polar surface area (TPSA) is 62.1 Å². The van der Waals surface area contributed by atoms with Crippen LogP contribution < -0.4 is 5.32 Å². The summed E-state index contributed by atoms with van der Waals surface area (Å²) in [6.45, 7) is 5.61. The number of ether oxygens (including phenoxy) is 1. The molecular formula is C15H17FN2O2. The van der Waals surface area contributed by atoms with Crippen LogP contribution >= 0.6 is 0 Å². The first-order chi connectivity index (χ1) is 9.31. The Bertz CT molecular complexity index is 554. The summed E-state index contributed by atoms with van der Waals surface area (Å²) in [4.78, 5) is 11.3. The second-order valence-electron chi connectivity index (χ2n) is 5.14. The van der Waals surface area contributed by atoms with E-state index in [-0.39, 0.29) is 12.1 Å². The van der Waals surface area contributed by atoms with E-state index in [1.165, 1.54) is 12.1 Å². The highest BCUT2D eigenvalue weighted by atomic mass is 19.1. The van der Waals surface area contributed by atoms with Gasteiger partial charge in [0.05, 0.1) is 5.56 Å². The molecule has 1 aromatic rings. The quantitative estimate of drug-likeness (QED) is 0.921. The molecule has 0 atom stereocenters. The molecule has 0 aliphatic carbocycles. The molecule has 0 saturated carbocycles. The predicted octanol–water partition coefficient (Wildman–Crippen LogP) is 3.24. The van der Waals surface area contributed by atoms with Crippen LogP contribution in [0.5, 0.6) is 0 Å². The minimum absolute atomic E-state index is 0.00836. The van der Waals surface area contributed by atoms with Crippen LogP contribution in [0.15, 0.2) is 24.3 Å². The average molecular weight is 276 g/mol. The molecule has 0 aliphatic rings. The zero-order chi connectivity index (χ0) is 15.2. The van der Waals surface area contributed by atoms with Crippen LogP contribution in [0.3, 0.4) is 0 Å². The molecular weight excluding hydrogens is 259 g/mol. The molecule has 0 unspecified atom stereocenters. The highest BCUT2D eigenvalue weighted by Crippen LogP contribution is 2.10. The molecule has 0 radical (unpaired) electrons. The van der Waals surface area contributed by atoms with Crippen molar-refractivity contribution in [2.24, 2.45) is 0 Å². The normalized spacial score (nSPS) is 11.2. The Morgan fingerprint density at radius 1 is 1.50 bits per heavy atom. The Kier molecular flexibility index (Phi) is 5.27. The largest absolute Gasteiger partial charge is 0.444 e. The molecule has 5 heteroatoms. The van der Waals surface area contributed by atoms with E-state index in [0.29, 0.717) is 5.56 Å². The van der Waals surface area contributed by atoms with Crippen molar-refractivity contribution in [1.29, 1.82) is 5.26 Å². The van der Waals surface area contributed by atoms with Crippen molar-refractivity contribution >= 4 is 12.2 Å². The van der Waals surface area contributed by atoms with Gasteiger partial charge in [-0.05, 0) is 38.5 Å². The average Bonchev–Trinajstić information content (AvgIpc) is 2.33. The van der Waals surface area contributed by atoms with Crippen LogP contribution in [0, 0.1) is 17.1 Å². The zero-order valence-corrected chi connectivity index (χ0v) is 11.7. The molecule has 106 valence electrons. The summed E-state index contributed by atoms with van der Waals surface area (Å²) in [6.07, 6.45) is 2.82. The van der Waals surface area contributed by atoms with Crippen molar-refractivity contribution in [3.8, 4) is 6.07 Å². The van der Waals surface area contributed by atoms with Gasteiger partial charge >= 0.3 is 6.09 Å². The monoisotopic (exact) mass is 276 g/mol. The van der Waals surface area contributed by atoms with Gasteiger partial charge in [-0.2, -0.15) is 5.26 Å². The van der Waals surface area contributed by atoms with E-state index in [1.807, 2.05) is 0 Å². The van der Waals surface area contributed by atoms with E-state index in [9.17, 15) is 9.18 Å². The minimum atomic E-state index is -0.560. The summed E-state index contributed by atoms with van der Waals surface area (Å²) < 4.78 is 18.4. The molecule has 0 fully saturated rings. The maximum atomic E-state index is 13.3. The third-order valence-electron chi connectivity index (χ3n) is 2.19.